The predicted molar refractivity (Wildman–Crippen MR) is 72.7 cm³/mol. The Bertz CT molecular complexity index is 675. The van der Waals surface area contributed by atoms with Crippen LogP contribution in [0.3, 0.4) is 0 Å². The van der Waals surface area contributed by atoms with Crippen molar-refractivity contribution in [3.05, 3.63) is 40.7 Å². The van der Waals surface area contributed by atoms with Gasteiger partial charge in [0.05, 0.1) is 18.7 Å². The van der Waals surface area contributed by atoms with Crippen LogP contribution in [0.25, 0.3) is 11.0 Å². The van der Waals surface area contributed by atoms with E-state index in [-0.39, 0.29) is 5.52 Å². The van der Waals surface area contributed by atoms with Crippen LogP contribution in [0.4, 0.5) is 8.78 Å². The number of benzene rings is 1. The van der Waals surface area contributed by atoms with E-state index in [1.807, 2.05) is 6.92 Å². The summed E-state index contributed by atoms with van der Waals surface area (Å²) in [4.78, 5) is 2.74. The summed E-state index contributed by atoms with van der Waals surface area (Å²) in [5.41, 5.74) is 1.53. The summed E-state index contributed by atoms with van der Waals surface area (Å²) in [6.07, 6.45) is 0. The maximum Gasteiger partial charge on any atom is 0.178 e. The van der Waals surface area contributed by atoms with E-state index < -0.39 is 11.6 Å². The van der Waals surface area contributed by atoms with E-state index >= 15 is 0 Å². The van der Waals surface area contributed by atoms with Crippen LogP contribution in [0.2, 0.25) is 0 Å². The number of imidazole rings is 1. The van der Waals surface area contributed by atoms with Crippen LogP contribution in [0, 0.1) is 16.4 Å². The molecule has 0 bridgehead atoms. The topological polar surface area (TPSA) is 29.9 Å². The molecule has 1 aromatic carbocycles. The SMILES string of the molecule is C=C(C)COCCn1c(=S)[nH]c2c(F)cc(F)cc21. The molecule has 0 amide bonds. The average Bonchev–Trinajstić information content (AvgIpc) is 2.62. The fraction of sp³-hybridized carbons (Fsp3) is 0.308. The van der Waals surface area contributed by atoms with E-state index in [4.69, 9.17) is 17.0 Å². The minimum absolute atomic E-state index is 0.214. The van der Waals surface area contributed by atoms with Gasteiger partial charge in [-0.1, -0.05) is 12.2 Å². The summed E-state index contributed by atoms with van der Waals surface area (Å²) in [6, 6.07) is 2.08. The van der Waals surface area contributed by atoms with Crippen LogP contribution < -0.4 is 0 Å². The van der Waals surface area contributed by atoms with E-state index in [1.54, 1.807) is 4.57 Å². The van der Waals surface area contributed by atoms with Gasteiger partial charge < -0.3 is 14.3 Å². The number of aromatic amines is 1. The van der Waals surface area contributed by atoms with E-state index in [2.05, 4.69) is 11.6 Å². The highest BCUT2D eigenvalue weighted by Crippen LogP contribution is 2.19. The molecule has 0 radical (unpaired) electrons. The van der Waals surface area contributed by atoms with Crippen molar-refractivity contribution < 1.29 is 13.5 Å². The first-order valence-corrected chi connectivity index (χ1v) is 6.19. The molecule has 2 aromatic rings. The first-order valence-electron chi connectivity index (χ1n) is 5.78. The largest absolute Gasteiger partial charge is 0.375 e. The molecule has 0 aliphatic rings. The Morgan fingerprint density at radius 3 is 2.89 bits per heavy atom. The number of rotatable bonds is 5. The molecule has 0 atom stereocenters. The Kier molecular flexibility index (Phi) is 4.11. The summed E-state index contributed by atoms with van der Waals surface area (Å²) >= 11 is 5.10. The second-order valence-electron chi connectivity index (χ2n) is 4.37. The molecule has 19 heavy (non-hydrogen) atoms. The molecule has 1 aromatic heterocycles. The molecule has 6 heteroatoms. The number of halogens is 2. The lowest BCUT2D eigenvalue weighted by Gasteiger charge is -2.06. The fourth-order valence-electron chi connectivity index (χ4n) is 1.80. The molecule has 0 aliphatic heterocycles. The molecule has 0 fully saturated rings. The Labute approximate surface area is 114 Å². The summed E-state index contributed by atoms with van der Waals surface area (Å²) < 4.78 is 34.1. The third-order valence-electron chi connectivity index (χ3n) is 2.61. The van der Waals surface area contributed by atoms with Crippen molar-refractivity contribution in [2.24, 2.45) is 0 Å². The molecule has 0 aliphatic carbocycles. The van der Waals surface area contributed by atoms with Crippen molar-refractivity contribution in [1.29, 1.82) is 0 Å². The number of ether oxygens (including phenoxy) is 1. The number of H-pyrrole nitrogens is 1. The molecule has 3 nitrogen and oxygen atoms in total. The molecular formula is C13H14F2N2OS. The third-order valence-corrected chi connectivity index (χ3v) is 2.93. The fourth-order valence-corrected chi connectivity index (χ4v) is 2.10. The molecular weight excluding hydrogens is 270 g/mol. The van der Waals surface area contributed by atoms with E-state index in [0.717, 1.165) is 11.6 Å². The van der Waals surface area contributed by atoms with Gasteiger partial charge in [0.2, 0.25) is 0 Å². The van der Waals surface area contributed by atoms with Crippen LogP contribution in [0.1, 0.15) is 6.92 Å². The van der Waals surface area contributed by atoms with Crippen LogP contribution in [-0.4, -0.2) is 22.8 Å². The Morgan fingerprint density at radius 1 is 1.47 bits per heavy atom. The molecule has 1 heterocycles. The van der Waals surface area contributed by atoms with Crippen molar-refractivity contribution in [3.63, 3.8) is 0 Å². The first-order chi connectivity index (χ1) is 8.99. The zero-order chi connectivity index (χ0) is 14.0. The van der Waals surface area contributed by atoms with E-state index in [1.165, 1.54) is 6.07 Å². The minimum atomic E-state index is -0.650. The number of fused-ring (bicyclic) bond motifs is 1. The Hall–Kier alpha value is -1.53. The van der Waals surface area contributed by atoms with Gasteiger partial charge >= 0.3 is 0 Å². The van der Waals surface area contributed by atoms with Gasteiger partial charge in [-0.15, -0.1) is 0 Å². The normalized spacial score (nSPS) is 11.1. The van der Waals surface area contributed by atoms with Crippen molar-refractivity contribution >= 4 is 23.3 Å². The quantitative estimate of drug-likeness (QED) is 0.517. The van der Waals surface area contributed by atoms with Crippen LogP contribution in [0.15, 0.2) is 24.3 Å². The van der Waals surface area contributed by atoms with Gasteiger partial charge in [0.25, 0.3) is 0 Å². The van der Waals surface area contributed by atoms with Crippen LogP contribution in [0.5, 0.6) is 0 Å². The lowest BCUT2D eigenvalue weighted by atomic mass is 10.3. The first kappa shape index (κ1) is 13.9. The number of nitrogens with one attached hydrogen (secondary N) is 1. The highest BCUT2D eigenvalue weighted by Gasteiger charge is 2.10. The minimum Gasteiger partial charge on any atom is -0.375 e. The molecule has 0 unspecified atom stereocenters. The molecule has 1 N–H and O–H groups in total. The number of hydrogen-bond donors (Lipinski definition) is 1. The van der Waals surface area contributed by atoms with Gasteiger partial charge in [0, 0.05) is 12.6 Å². The van der Waals surface area contributed by atoms with Crippen LogP contribution in [-0.2, 0) is 11.3 Å². The van der Waals surface area contributed by atoms with Crippen molar-refractivity contribution in [2.45, 2.75) is 13.5 Å². The molecule has 102 valence electrons. The summed E-state index contributed by atoms with van der Waals surface area (Å²) in [5, 5.41) is 0. The van der Waals surface area contributed by atoms with Gasteiger partial charge in [-0.2, -0.15) is 0 Å². The molecule has 0 spiro atoms. The van der Waals surface area contributed by atoms with Gasteiger partial charge in [-0.05, 0) is 25.2 Å². The number of aromatic nitrogens is 2. The zero-order valence-electron chi connectivity index (χ0n) is 10.5. The van der Waals surface area contributed by atoms with Crippen LogP contribution >= 0.6 is 12.2 Å². The summed E-state index contributed by atoms with van der Waals surface area (Å²) in [7, 11) is 0. The number of hydrogen-bond acceptors (Lipinski definition) is 2. The highest BCUT2D eigenvalue weighted by molar-refractivity contribution is 7.71. The highest BCUT2D eigenvalue weighted by atomic mass is 32.1. The van der Waals surface area contributed by atoms with Gasteiger partial charge in [-0.3, -0.25) is 0 Å². The van der Waals surface area contributed by atoms with Crippen molar-refractivity contribution in [2.75, 3.05) is 13.2 Å². The second-order valence-corrected chi connectivity index (χ2v) is 4.76. The average molecular weight is 284 g/mol. The smallest absolute Gasteiger partial charge is 0.178 e. The van der Waals surface area contributed by atoms with E-state index in [0.29, 0.717) is 30.0 Å². The monoisotopic (exact) mass is 284 g/mol. The zero-order valence-corrected chi connectivity index (χ0v) is 11.3. The lowest BCUT2D eigenvalue weighted by Crippen LogP contribution is -2.07. The van der Waals surface area contributed by atoms with Gasteiger partial charge in [0.1, 0.15) is 11.3 Å². The maximum atomic E-state index is 13.6. The number of nitrogens with zero attached hydrogens (tertiary/aromatic N) is 1. The van der Waals surface area contributed by atoms with Crippen molar-refractivity contribution in [1.82, 2.24) is 9.55 Å². The molecule has 2 rings (SSSR count). The standard InChI is InChI=1S/C13H14F2N2OS/c1-8(2)7-18-4-3-17-11-6-9(14)5-10(15)12(11)16-13(17)19/h5-6H,1,3-4,7H2,2H3,(H,16,19). The summed E-state index contributed by atoms with van der Waals surface area (Å²) in [5.74, 6) is -1.28. The third kappa shape index (κ3) is 3.08. The lowest BCUT2D eigenvalue weighted by molar-refractivity contribution is 0.148. The Balaban J connectivity index is 2.25. The summed E-state index contributed by atoms with van der Waals surface area (Å²) in [6.45, 7) is 6.86. The molecule has 0 saturated carbocycles. The van der Waals surface area contributed by atoms with Gasteiger partial charge in [0.15, 0.2) is 10.6 Å². The Morgan fingerprint density at radius 2 is 2.21 bits per heavy atom. The maximum absolute atomic E-state index is 13.6. The van der Waals surface area contributed by atoms with Gasteiger partial charge in [-0.25, -0.2) is 8.78 Å². The second kappa shape index (κ2) is 5.63. The molecule has 0 saturated heterocycles. The van der Waals surface area contributed by atoms with Crippen molar-refractivity contribution in [3.8, 4) is 0 Å². The van der Waals surface area contributed by atoms with E-state index in [9.17, 15) is 8.78 Å². The predicted octanol–water partition coefficient (Wildman–Crippen LogP) is 3.57.